The van der Waals surface area contributed by atoms with Gasteiger partial charge in [0.1, 0.15) is 5.82 Å². The first-order chi connectivity index (χ1) is 13.1. The van der Waals surface area contributed by atoms with Crippen molar-refractivity contribution < 1.29 is 14.0 Å². The van der Waals surface area contributed by atoms with Crippen LogP contribution in [0.1, 0.15) is 28.4 Å². The predicted octanol–water partition coefficient (Wildman–Crippen LogP) is 3.47. The minimum Gasteiger partial charge on any atom is -0.329 e. The summed E-state index contributed by atoms with van der Waals surface area (Å²) in [4.78, 5) is 27.8. The normalized spacial score (nSPS) is 19.1. The highest BCUT2D eigenvalue weighted by atomic mass is 35.5. The molecule has 8 heteroatoms. The average molecular weight is 422 g/mol. The number of anilines is 1. The van der Waals surface area contributed by atoms with E-state index < -0.39 is 0 Å². The summed E-state index contributed by atoms with van der Waals surface area (Å²) in [5.41, 5.74) is 1.99. The number of carbonyl (C=O) groups excluding carboxylic acids is 2. The molecule has 0 aliphatic carbocycles. The quantitative estimate of drug-likeness (QED) is 0.779. The van der Waals surface area contributed by atoms with Gasteiger partial charge in [-0.3, -0.25) is 9.59 Å². The molecule has 2 aromatic rings. The van der Waals surface area contributed by atoms with E-state index in [1.165, 1.54) is 12.1 Å². The molecule has 0 spiro atoms. The highest BCUT2D eigenvalue weighted by Crippen LogP contribution is 2.33. The van der Waals surface area contributed by atoms with E-state index >= 15 is 0 Å². The summed E-state index contributed by atoms with van der Waals surface area (Å²) in [6, 6.07) is 11.6. The molecule has 0 radical (unpaired) electrons. The third-order valence-corrected chi connectivity index (χ3v) is 5.90. The molecule has 0 bridgehead atoms. The van der Waals surface area contributed by atoms with E-state index in [0.717, 1.165) is 16.2 Å². The van der Waals surface area contributed by atoms with Gasteiger partial charge in [-0.15, -0.1) is 24.2 Å². The zero-order valence-electron chi connectivity index (χ0n) is 15.1. The second-order valence-corrected chi connectivity index (χ2v) is 7.77. The monoisotopic (exact) mass is 421 g/mol. The van der Waals surface area contributed by atoms with Crippen molar-refractivity contribution in [3.63, 3.8) is 0 Å². The zero-order chi connectivity index (χ0) is 18.8. The van der Waals surface area contributed by atoms with E-state index in [1.54, 1.807) is 34.9 Å². The smallest absolute Gasteiger partial charge is 0.254 e. The number of nitrogens with one attached hydrogen (secondary N) is 2. The summed E-state index contributed by atoms with van der Waals surface area (Å²) in [6.45, 7) is 1.81. The van der Waals surface area contributed by atoms with Gasteiger partial charge >= 0.3 is 0 Å². The van der Waals surface area contributed by atoms with Crippen molar-refractivity contribution in [2.24, 2.45) is 0 Å². The lowest BCUT2D eigenvalue weighted by Gasteiger charge is -2.36. The molecule has 0 aromatic heterocycles. The van der Waals surface area contributed by atoms with Crippen LogP contribution < -0.4 is 10.6 Å². The fraction of sp³-hybridized carbons (Fsp3) is 0.300. The number of hydrogen-bond acceptors (Lipinski definition) is 4. The molecule has 1 unspecified atom stereocenters. The van der Waals surface area contributed by atoms with E-state index in [9.17, 15) is 14.0 Å². The highest BCUT2D eigenvalue weighted by Gasteiger charge is 2.29. The summed E-state index contributed by atoms with van der Waals surface area (Å²) < 4.78 is 13.7. The molecule has 2 aliphatic heterocycles. The van der Waals surface area contributed by atoms with Crippen molar-refractivity contribution in [3.8, 4) is 0 Å². The maximum absolute atomic E-state index is 13.7. The molecule has 5 nitrogen and oxygen atoms in total. The van der Waals surface area contributed by atoms with Crippen molar-refractivity contribution in [2.45, 2.75) is 17.4 Å². The van der Waals surface area contributed by atoms with Crippen molar-refractivity contribution in [1.82, 2.24) is 10.2 Å². The average Bonchev–Trinajstić information content (AvgIpc) is 2.87. The number of amides is 2. The maximum Gasteiger partial charge on any atom is 0.254 e. The Morgan fingerprint density at radius 2 is 2.07 bits per heavy atom. The standard InChI is InChI=1S/C20H20FN3O2S.ClH/c21-15-3-1-2-13(10-15)17-12-22-7-8-24(17)20(26)14-4-5-18-16(11-14)23-19(25)6-9-27-18;/h1-5,10-11,17,22H,6-9,12H2,(H,23,25);1H. The maximum atomic E-state index is 13.7. The van der Waals surface area contributed by atoms with E-state index in [4.69, 9.17) is 0 Å². The summed E-state index contributed by atoms with van der Waals surface area (Å²) in [6.07, 6.45) is 0.460. The number of fused-ring (bicyclic) bond motifs is 1. The van der Waals surface area contributed by atoms with Crippen molar-refractivity contribution in [2.75, 3.05) is 30.7 Å². The van der Waals surface area contributed by atoms with Crippen LogP contribution >= 0.6 is 24.2 Å². The van der Waals surface area contributed by atoms with Crippen LogP contribution in [0.25, 0.3) is 0 Å². The fourth-order valence-corrected chi connectivity index (χ4v) is 4.41. The summed E-state index contributed by atoms with van der Waals surface area (Å²) >= 11 is 1.61. The Morgan fingerprint density at radius 1 is 1.21 bits per heavy atom. The SMILES string of the molecule is Cl.O=C1CCSc2ccc(C(=O)N3CCNCC3c3cccc(F)c3)cc2N1. The van der Waals surface area contributed by atoms with E-state index in [1.807, 2.05) is 12.1 Å². The Balaban J connectivity index is 0.00000225. The predicted molar refractivity (Wildman–Crippen MR) is 111 cm³/mol. The number of hydrogen-bond donors (Lipinski definition) is 2. The van der Waals surface area contributed by atoms with Gasteiger partial charge in [0.15, 0.2) is 0 Å². The third-order valence-electron chi connectivity index (χ3n) is 4.82. The number of nitrogens with zero attached hydrogens (tertiary/aromatic N) is 1. The van der Waals surface area contributed by atoms with Gasteiger partial charge in [0, 0.05) is 42.3 Å². The summed E-state index contributed by atoms with van der Waals surface area (Å²) in [7, 11) is 0. The largest absolute Gasteiger partial charge is 0.329 e. The molecular weight excluding hydrogens is 401 g/mol. The van der Waals surface area contributed by atoms with Gasteiger partial charge < -0.3 is 15.5 Å². The lowest BCUT2D eigenvalue weighted by molar-refractivity contribution is -0.115. The van der Waals surface area contributed by atoms with Crippen LogP contribution in [0.15, 0.2) is 47.4 Å². The molecule has 148 valence electrons. The van der Waals surface area contributed by atoms with Crippen LogP contribution in [0.5, 0.6) is 0 Å². The molecule has 2 amide bonds. The van der Waals surface area contributed by atoms with Gasteiger partial charge in [-0.05, 0) is 35.9 Å². The van der Waals surface area contributed by atoms with E-state index in [0.29, 0.717) is 37.3 Å². The van der Waals surface area contributed by atoms with Gasteiger partial charge in [-0.1, -0.05) is 12.1 Å². The molecule has 2 aromatic carbocycles. The molecule has 1 fully saturated rings. The second-order valence-electron chi connectivity index (χ2n) is 6.63. The van der Waals surface area contributed by atoms with Gasteiger partial charge in [0.25, 0.3) is 5.91 Å². The van der Waals surface area contributed by atoms with Crippen LogP contribution in [-0.2, 0) is 4.79 Å². The van der Waals surface area contributed by atoms with Crippen LogP contribution in [-0.4, -0.2) is 42.1 Å². The van der Waals surface area contributed by atoms with E-state index in [2.05, 4.69) is 10.6 Å². The molecule has 4 rings (SSSR count). The number of thioether (sulfide) groups is 1. The number of halogens is 2. The van der Waals surface area contributed by atoms with Gasteiger partial charge in [0.2, 0.25) is 5.91 Å². The van der Waals surface area contributed by atoms with Crippen LogP contribution in [0.3, 0.4) is 0 Å². The van der Waals surface area contributed by atoms with Gasteiger partial charge in [0.05, 0.1) is 11.7 Å². The lowest BCUT2D eigenvalue weighted by Crippen LogP contribution is -2.48. The molecule has 1 atom stereocenters. The minimum atomic E-state index is -0.310. The lowest BCUT2D eigenvalue weighted by atomic mass is 10.0. The first kappa shape index (κ1) is 20.6. The molecule has 2 heterocycles. The van der Waals surface area contributed by atoms with Crippen LogP contribution in [0.4, 0.5) is 10.1 Å². The molecular formula is C20H21ClFN3O2S. The summed E-state index contributed by atoms with van der Waals surface area (Å²) in [5, 5.41) is 6.15. The summed E-state index contributed by atoms with van der Waals surface area (Å²) in [5.74, 6) is 0.268. The molecule has 2 N–H and O–H groups in total. The minimum absolute atomic E-state index is 0. The van der Waals surface area contributed by atoms with Crippen molar-refractivity contribution in [1.29, 1.82) is 0 Å². The Labute approximate surface area is 173 Å². The molecule has 1 saturated heterocycles. The van der Waals surface area contributed by atoms with Crippen LogP contribution in [0, 0.1) is 5.82 Å². The number of carbonyl (C=O) groups is 2. The number of benzene rings is 2. The van der Waals surface area contributed by atoms with E-state index in [-0.39, 0.29) is 36.1 Å². The zero-order valence-corrected chi connectivity index (χ0v) is 16.7. The molecule has 28 heavy (non-hydrogen) atoms. The van der Waals surface area contributed by atoms with Crippen molar-refractivity contribution >= 4 is 41.7 Å². The number of piperazine rings is 1. The van der Waals surface area contributed by atoms with Gasteiger partial charge in [-0.25, -0.2) is 4.39 Å². The second kappa shape index (κ2) is 8.94. The number of rotatable bonds is 2. The van der Waals surface area contributed by atoms with Crippen LogP contribution in [0.2, 0.25) is 0 Å². The van der Waals surface area contributed by atoms with Gasteiger partial charge in [-0.2, -0.15) is 0 Å². The fourth-order valence-electron chi connectivity index (χ4n) is 3.48. The Hall–Kier alpha value is -2.09. The molecule has 0 saturated carbocycles. The molecule has 2 aliphatic rings. The highest BCUT2D eigenvalue weighted by molar-refractivity contribution is 7.99. The first-order valence-electron chi connectivity index (χ1n) is 8.96. The third kappa shape index (κ3) is 4.32. The Morgan fingerprint density at radius 3 is 2.89 bits per heavy atom. The Bertz CT molecular complexity index is 896. The first-order valence-corrected chi connectivity index (χ1v) is 9.94. The van der Waals surface area contributed by atoms with Crippen molar-refractivity contribution in [3.05, 3.63) is 59.4 Å². The Kier molecular flexibility index (Phi) is 6.59. The topological polar surface area (TPSA) is 61.4 Å².